The highest BCUT2D eigenvalue weighted by molar-refractivity contribution is 6.05. The van der Waals surface area contributed by atoms with Crippen molar-refractivity contribution < 1.29 is 27.8 Å². The molecule has 0 atom stereocenters. The molecule has 23 heavy (non-hydrogen) atoms. The minimum Gasteiger partial charge on any atom is -0.496 e. The molecule has 0 unspecified atom stereocenters. The van der Waals surface area contributed by atoms with Crippen LogP contribution in [0, 0.1) is 11.6 Å². The van der Waals surface area contributed by atoms with Crippen LogP contribution in [0.4, 0.5) is 14.5 Å². The van der Waals surface area contributed by atoms with Crippen LogP contribution in [0.5, 0.6) is 5.75 Å². The number of ether oxygens (including phenoxy) is 2. The molecule has 120 valence electrons. The number of rotatable bonds is 4. The van der Waals surface area contributed by atoms with Crippen molar-refractivity contribution >= 4 is 17.6 Å². The molecule has 2 aromatic rings. The predicted octanol–water partition coefficient (Wildman–Crippen LogP) is 3.01. The Morgan fingerprint density at radius 1 is 1.04 bits per heavy atom. The molecule has 1 amide bonds. The summed E-state index contributed by atoms with van der Waals surface area (Å²) in [5.41, 5.74) is -0.323. The van der Waals surface area contributed by atoms with Crippen LogP contribution >= 0.6 is 0 Å². The summed E-state index contributed by atoms with van der Waals surface area (Å²) in [6.45, 7) is 0. The van der Waals surface area contributed by atoms with Gasteiger partial charge in [0.05, 0.1) is 14.2 Å². The van der Waals surface area contributed by atoms with Gasteiger partial charge in [0.1, 0.15) is 28.5 Å². The van der Waals surface area contributed by atoms with Crippen molar-refractivity contribution in [2.24, 2.45) is 0 Å². The Bertz CT molecular complexity index is 741. The van der Waals surface area contributed by atoms with E-state index >= 15 is 0 Å². The fourth-order valence-electron chi connectivity index (χ4n) is 1.96. The van der Waals surface area contributed by atoms with Crippen molar-refractivity contribution in [1.82, 2.24) is 0 Å². The fraction of sp³-hybridized carbons (Fsp3) is 0.125. The Morgan fingerprint density at radius 2 is 1.70 bits per heavy atom. The molecule has 2 rings (SSSR count). The number of hydrogen-bond donors (Lipinski definition) is 1. The van der Waals surface area contributed by atoms with Gasteiger partial charge in [-0.3, -0.25) is 4.79 Å². The van der Waals surface area contributed by atoms with Gasteiger partial charge in [0, 0.05) is 11.8 Å². The Labute approximate surface area is 130 Å². The van der Waals surface area contributed by atoms with E-state index in [1.165, 1.54) is 32.4 Å². The van der Waals surface area contributed by atoms with Gasteiger partial charge >= 0.3 is 5.97 Å². The van der Waals surface area contributed by atoms with Crippen LogP contribution in [-0.4, -0.2) is 26.1 Å². The summed E-state index contributed by atoms with van der Waals surface area (Å²) in [5, 5.41) is 2.35. The lowest BCUT2D eigenvalue weighted by Crippen LogP contribution is -2.16. The molecular formula is C16H13F2NO4. The van der Waals surface area contributed by atoms with Crippen molar-refractivity contribution in [1.29, 1.82) is 0 Å². The maximum atomic E-state index is 13.6. The van der Waals surface area contributed by atoms with Crippen molar-refractivity contribution in [3.05, 3.63) is 59.2 Å². The van der Waals surface area contributed by atoms with Gasteiger partial charge in [-0.15, -0.1) is 0 Å². The number of amides is 1. The highest BCUT2D eigenvalue weighted by atomic mass is 19.1. The first kappa shape index (κ1) is 16.4. The van der Waals surface area contributed by atoms with Crippen LogP contribution in [0.2, 0.25) is 0 Å². The largest absolute Gasteiger partial charge is 0.496 e. The fourth-order valence-corrected chi connectivity index (χ4v) is 1.96. The van der Waals surface area contributed by atoms with Crippen molar-refractivity contribution in [3.8, 4) is 5.75 Å². The van der Waals surface area contributed by atoms with Crippen LogP contribution in [-0.2, 0) is 4.74 Å². The first-order valence-electron chi connectivity index (χ1n) is 6.49. The minimum absolute atomic E-state index is 0.156. The first-order chi connectivity index (χ1) is 11.0. The maximum Gasteiger partial charge on any atom is 0.341 e. The monoisotopic (exact) mass is 321 g/mol. The summed E-state index contributed by atoms with van der Waals surface area (Å²) >= 11 is 0. The second kappa shape index (κ2) is 6.87. The van der Waals surface area contributed by atoms with E-state index in [9.17, 15) is 18.4 Å². The number of methoxy groups -OCH3 is 2. The van der Waals surface area contributed by atoms with E-state index in [-0.39, 0.29) is 17.0 Å². The second-order valence-corrected chi connectivity index (χ2v) is 4.46. The highest BCUT2D eigenvalue weighted by Crippen LogP contribution is 2.24. The number of halogens is 2. The van der Waals surface area contributed by atoms with Gasteiger partial charge in [-0.2, -0.15) is 0 Å². The molecule has 0 saturated heterocycles. The number of esters is 1. The molecule has 5 nitrogen and oxygen atoms in total. The van der Waals surface area contributed by atoms with Crippen molar-refractivity contribution in [2.45, 2.75) is 0 Å². The normalized spacial score (nSPS) is 10.1. The molecule has 0 fully saturated rings. The quantitative estimate of drug-likeness (QED) is 0.879. The predicted molar refractivity (Wildman–Crippen MR) is 78.6 cm³/mol. The number of benzene rings is 2. The number of hydrogen-bond acceptors (Lipinski definition) is 4. The van der Waals surface area contributed by atoms with Gasteiger partial charge in [0.15, 0.2) is 0 Å². The summed E-state index contributed by atoms with van der Waals surface area (Å²) in [6.07, 6.45) is 0. The molecule has 1 N–H and O–H groups in total. The molecule has 0 aromatic heterocycles. The van der Waals surface area contributed by atoms with Crippen LogP contribution in [0.3, 0.4) is 0 Å². The molecule has 0 bridgehead atoms. The number of nitrogens with one attached hydrogen (secondary N) is 1. The standard InChI is InChI=1S/C16H13F2NO4/c1-22-13-8-9(6-7-10(13)16(21)23-2)19-15(20)14-11(17)4-3-5-12(14)18/h3-8H,1-2H3,(H,19,20). The third-order valence-electron chi connectivity index (χ3n) is 3.05. The van der Waals surface area contributed by atoms with E-state index < -0.39 is 29.1 Å². The highest BCUT2D eigenvalue weighted by Gasteiger charge is 2.18. The molecular weight excluding hydrogens is 308 g/mol. The van der Waals surface area contributed by atoms with Gasteiger partial charge < -0.3 is 14.8 Å². The molecule has 0 aliphatic rings. The van der Waals surface area contributed by atoms with Gasteiger partial charge in [-0.05, 0) is 24.3 Å². The summed E-state index contributed by atoms with van der Waals surface area (Å²) in [7, 11) is 2.56. The average Bonchev–Trinajstić information content (AvgIpc) is 2.53. The van der Waals surface area contributed by atoms with E-state index in [4.69, 9.17) is 4.74 Å². The third kappa shape index (κ3) is 3.45. The number of carbonyl (C=O) groups is 2. The van der Waals surface area contributed by atoms with Crippen LogP contribution in [0.1, 0.15) is 20.7 Å². The zero-order chi connectivity index (χ0) is 17.0. The molecule has 0 aliphatic carbocycles. The number of carbonyl (C=O) groups excluding carboxylic acids is 2. The van der Waals surface area contributed by atoms with Crippen LogP contribution < -0.4 is 10.1 Å². The van der Waals surface area contributed by atoms with Crippen molar-refractivity contribution in [3.63, 3.8) is 0 Å². The lowest BCUT2D eigenvalue weighted by atomic mass is 10.1. The lowest BCUT2D eigenvalue weighted by molar-refractivity contribution is 0.0597. The van der Waals surface area contributed by atoms with Gasteiger partial charge in [0.2, 0.25) is 0 Å². The third-order valence-corrected chi connectivity index (χ3v) is 3.05. The zero-order valence-electron chi connectivity index (χ0n) is 12.4. The van der Waals surface area contributed by atoms with Crippen molar-refractivity contribution in [2.75, 3.05) is 19.5 Å². The first-order valence-corrected chi connectivity index (χ1v) is 6.49. The number of anilines is 1. The van der Waals surface area contributed by atoms with E-state index in [2.05, 4.69) is 10.1 Å². The van der Waals surface area contributed by atoms with Crippen LogP contribution in [0.15, 0.2) is 36.4 Å². The molecule has 0 saturated carbocycles. The van der Waals surface area contributed by atoms with Gasteiger partial charge in [-0.25, -0.2) is 13.6 Å². The second-order valence-electron chi connectivity index (χ2n) is 4.46. The SMILES string of the molecule is COC(=O)c1ccc(NC(=O)c2c(F)cccc2F)cc1OC. The Morgan fingerprint density at radius 3 is 2.26 bits per heavy atom. The van der Waals surface area contributed by atoms with Crippen LogP contribution in [0.25, 0.3) is 0 Å². The van der Waals surface area contributed by atoms with Gasteiger partial charge in [-0.1, -0.05) is 6.07 Å². The summed E-state index contributed by atoms with van der Waals surface area (Å²) in [4.78, 5) is 23.6. The van der Waals surface area contributed by atoms with E-state index in [0.717, 1.165) is 18.2 Å². The lowest BCUT2D eigenvalue weighted by Gasteiger charge is -2.11. The van der Waals surface area contributed by atoms with E-state index in [0.29, 0.717) is 0 Å². The Hall–Kier alpha value is -2.96. The maximum absolute atomic E-state index is 13.6. The molecule has 2 aromatic carbocycles. The molecule has 0 spiro atoms. The summed E-state index contributed by atoms with van der Waals surface area (Å²) < 4.78 is 36.8. The zero-order valence-corrected chi connectivity index (χ0v) is 12.4. The molecule has 0 radical (unpaired) electrons. The Balaban J connectivity index is 2.30. The smallest absolute Gasteiger partial charge is 0.341 e. The molecule has 0 heterocycles. The minimum atomic E-state index is -0.972. The molecule has 0 aliphatic heterocycles. The topological polar surface area (TPSA) is 64.6 Å². The molecule has 7 heteroatoms. The van der Waals surface area contributed by atoms with E-state index in [1.807, 2.05) is 0 Å². The average molecular weight is 321 g/mol. The Kier molecular flexibility index (Phi) is 4.90. The van der Waals surface area contributed by atoms with E-state index in [1.54, 1.807) is 0 Å². The summed E-state index contributed by atoms with van der Waals surface area (Å²) in [5.74, 6) is -3.35. The summed E-state index contributed by atoms with van der Waals surface area (Å²) in [6, 6.07) is 7.25. The van der Waals surface area contributed by atoms with Gasteiger partial charge in [0.25, 0.3) is 5.91 Å².